The third-order valence-electron chi connectivity index (χ3n) is 5.83. The van der Waals surface area contributed by atoms with Crippen LogP contribution in [0.25, 0.3) is 0 Å². The van der Waals surface area contributed by atoms with Crippen molar-refractivity contribution in [3.8, 4) is 0 Å². The molecule has 3 nitrogen and oxygen atoms in total. The number of nitrogens with zero attached hydrogens (tertiary/aromatic N) is 2. The summed E-state index contributed by atoms with van der Waals surface area (Å²) in [5, 5.41) is 0.452. The SMILES string of the molecule is NC1CCC(CCN2CCN(c3cccc(Cl)c3Cl)[C@@H](C(F)(F)F)C2)CC1. The van der Waals surface area contributed by atoms with Gasteiger partial charge in [0.25, 0.3) is 0 Å². The number of hydrogen-bond acceptors (Lipinski definition) is 3. The van der Waals surface area contributed by atoms with E-state index in [1.165, 1.54) is 4.90 Å². The van der Waals surface area contributed by atoms with Crippen LogP contribution in [0.15, 0.2) is 18.2 Å². The van der Waals surface area contributed by atoms with E-state index in [0.717, 1.165) is 32.1 Å². The molecule has 1 atom stereocenters. The van der Waals surface area contributed by atoms with E-state index < -0.39 is 12.2 Å². The topological polar surface area (TPSA) is 32.5 Å². The molecule has 1 aromatic rings. The lowest BCUT2D eigenvalue weighted by atomic mass is 9.84. The summed E-state index contributed by atoms with van der Waals surface area (Å²) in [7, 11) is 0. The molecule has 0 bridgehead atoms. The molecule has 1 saturated carbocycles. The zero-order chi connectivity index (χ0) is 19.6. The minimum Gasteiger partial charge on any atom is -0.356 e. The Kier molecular flexibility index (Phi) is 6.83. The Morgan fingerprint density at radius 2 is 1.78 bits per heavy atom. The number of alkyl halides is 3. The first-order chi connectivity index (χ1) is 12.8. The molecule has 8 heteroatoms. The average Bonchev–Trinajstić information content (AvgIpc) is 2.63. The van der Waals surface area contributed by atoms with Crippen LogP contribution in [0.2, 0.25) is 10.0 Å². The summed E-state index contributed by atoms with van der Waals surface area (Å²) in [5.41, 5.74) is 6.29. The van der Waals surface area contributed by atoms with Gasteiger partial charge in [0.2, 0.25) is 0 Å². The van der Waals surface area contributed by atoms with Crippen LogP contribution < -0.4 is 10.6 Å². The van der Waals surface area contributed by atoms with Crippen molar-refractivity contribution in [2.75, 3.05) is 31.1 Å². The number of rotatable bonds is 4. The second kappa shape index (κ2) is 8.76. The van der Waals surface area contributed by atoms with Crippen LogP contribution in [0.5, 0.6) is 0 Å². The van der Waals surface area contributed by atoms with Gasteiger partial charge >= 0.3 is 6.18 Å². The lowest BCUT2D eigenvalue weighted by Crippen LogP contribution is -2.59. The monoisotopic (exact) mass is 423 g/mol. The molecule has 2 N–H and O–H groups in total. The second-order valence-corrected chi connectivity index (χ2v) is 8.48. The highest BCUT2D eigenvalue weighted by Crippen LogP contribution is 2.38. The summed E-state index contributed by atoms with van der Waals surface area (Å²) in [4.78, 5) is 3.28. The molecule has 0 aromatic heterocycles. The van der Waals surface area contributed by atoms with Gasteiger partial charge in [0.1, 0.15) is 6.04 Å². The fourth-order valence-corrected chi connectivity index (χ4v) is 4.57. The van der Waals surface area contributed by atoms with Gasteiger partial charge in [0, 0.05) is 25.7 Å². The Morgan fingerprint density at radius 3 is 2.44 bits per heavy atom. The normalized spacial score (nSPS) is 27.8. The van der Waals surface area contributed by atoms with Crippen molar-refractivity contribution in [2.24, 2.45) is 11.7 Å². The first-order valence-electron chi connectivity index (χ1n) is 9.51. The van der Waals surface area contributed by atoms with Crippen molar-refractivity contribution >= 4 is 28.9 Å². The van der Waals surface area contributed by atoms with E-state index in [-0.39, 0.29) is 23.1 Å². The molecular weight excluding hydrogens is 398 g/mol. The van der Waals surface area contributed by atoms with Gasteiger partial charge in [-0.25, -0.2) is 0 Å². The molecule has 2 aliphatic rings. The summed E-state index contributed by atoms with van der Waals surface area (Å²) in [6.07, 6.45) is 0.828. The highest BCUT2D eigenvalue weighted by molar-refractivity contribution is 6.43. The Labute approximate surface area is 168 Å². The van der Waals surface area contributed by atoms with Crippen molar-refractivity contribution < 1.29 is 13.2 Å². The maximum Gasteiger partial charge on any atom is 0.409 e. The van der Waals surface area contributed by atoms with Crippen LogP contribution >= 0.6 is 23.2 Å². The van der Waals surface area contributed by atoms with Crippen molar-refractivity contribution in [3.05, 3.63) is 28.2 Å². The molecule has 0 amide bonds. The van der Waals surface area contributed by atoms with E-state index in [1.54, 1.807) is 18.2 Å². The molecular formula is C19H26Cl2F3N3. The lowest BCUT2D eigenvalue weighted by Gasteiger charge is -2.44. The fourth-order valence-electron chi connectivity index (χ4n) is 4.17. The Morgan fingerprint density at radius 1 is 1.07 bits per heavy atom. The highest BCUT2D eigenvalue weighted by atomic mass is 35.5. The third kappa shape index (κ3) is 5.22. The minimum atomic E-state index is -4.33. The summed E-state index contributed by atoms with van der Waals surface area (Å²) in [6.45, 7) is 1.52. The zero-order valence-corrected chi connectivity index (χ0v) is 16.7. The third-order valence-corrected chi connectivity index (χ3v) is 6.64. The molecule has 2 fully saturated rings. The first-order valence-corrected chi connectivity index (χ1v) is 10.3. The fraction of sp³-hybridized carbons (Fsp3) is 0.684. The van der Waals surface area contributed by atoms with E-state index in [4.69, 9.17) is 28.9 Å². The van der Waals surface area contributed by atoms with Crippen molar-refractivity contribution in [3.63, 3.8) is 0 Å². The number of halogens is 5. The van der Waals surface area contributed by atoms with Gasteiger partial charge in [-0.15, -0.1) is 0 Å². The number of hydrogen-bond donors (Lipinski definition) is 1. The number of piperazine rings is 1. The zero-order valence-electron chi connectivity index (χ0n) is 15.2. The Balaban J connectivity index is 1.65. The molecule has 0 radical (unpaired) electrons. The molecule has 1 heterocycles. The van der Waals surface area contributed by atoms with E-state index in [2.05, 4.69) is 0 Å². The molecule has 1 aliphatic carbocycles. The number of nitrogens with two attached hydrogens (primary N) is 1. The van der Waals surface area contributed by atoms with Gasteiger partial charge < -0.3 is 10.6 Å². The summed E-state index contributed by atoms with van der Waals surface area (Å²) in [5.74, 6) is 0.578. The molecule has 1 aromatic carbocycles. The summed E-state index contributed by atoms with van der Waals surface area (Å²) >= 11 is 12.2. The van der Waals surface area contributed by atoms with Gasteiger partial charge in [-0.1, -0.05) is 29.3 Å². The average molecular weight is 424 g/mol. The molecule has 0 unspecified atom stereocenters. The van der Waals surface area contributed by atoms with E-state index in [9.17, 15) is 13.2 Å². The van der Waals surface area contributed by atoms with Gasteiger partial charge in [0.15, 0.2) is 0 Å². The maximum absolute atomic E-state index is 13.8. The van der Waals surface area contributed by atoms with Gasteiger partial charge in [-0.2, -0.15) is 13.2 Å². The molecule has 27 heavy (non-hydrogen) atoms. The maximum atomic E-state index is 13.8. The van der Waals surface area contributed by atoms with Crippen molar-refractivity contribution in [1.82, 2.24) is 4.90 Å². The molecule has 3 rings (SSSR count). The van der Waals surface area contributed by atoms with Crippen molar-refractivity contribution in [2.45, 2.75) is 50.4 Å². The summed E-state index contributed by atoms with van der Waals surface area (Å²) < 4.78 is 41.3. The van der Waals surface area contributed by atoms with Crippen LogP contribution in [-0.2, 0) is 0 Å². The van der Waals surface area contributed by atoms with Crippen LogP contribution in [-0.4, -0.2) is 49.3 Å². The molecule has 152 valence electrons. The van der Waals surface area contributed by atoms with Crippen LogP contribution in [0.1, 0.15) is 32.1 Å². The first kappa shape index (κ1) is 21.0. The predicted molar refractivity (Wildman–Crippen MR) is 105 cm³/mol. The largest absolute Gasteiger partial charge is 0.409 e. The van der Waals surface area contributed by atoms with Crippen LogP contribution in [0.3, 0.4) is 0 Å². The quantitative estimate of drug-likeness (QED) is 0.742. The van der Waals surface area contributed by atoms with Crippen LogP contribution in [0.4, 0.5) is 18.9 Å². The van der Waals surface area contributed by atoms with Crippen LogP contribution in [0, 0.1) is 5.92 Å². The van der Waals surface area contributed by atoms with E-state index in [0.29, 0.717) is 30.7 Å². The smallest absolute Gasteiger partial charge is 0.356 e. The molecule has 1 saturated heterocycles. The number of anilines is 1. The molecule has 0 spiro atoms. The van der Waals surface area contributed by atoms with E-state index >= 15 is 0 Å². The van der Waals surface area contributed by atoms with Crippen molar-refractivity contribution in [1.29, 1.82) is 0 Å². The molecule has 1 aliphatic heterocycles. The van der Waals surface area contributed by atoms with E-state index in [1.807, 2.05) is 4.90 Å². The van der Waals surface area contributed by atoms with Gasteiger partial charge in [-0.3, -0.25) is 4.90 Å². The minimum absolute atomic E-state index is 0.0431. The predicted octanol–water partition coefficient (Wildman–Crippen LogP) is 4.95. The standard InChI is InChI=1S/C19H26Cl2F3N3/c20-15-2-1-3-16(18(15)21)27-11-10-26(12-17(27)19(22,23)24)9-8-13-4-6-14(25)7-5-13/h1-3,13-14,17H,4-12,25H2/t13?,14?,17-/m1/s1. The lowest BCUT2D eigenvalue weighted by molar-refractivity contribution is -0.156. The Bertz CT molecular complexity index is 633. The summed E-state index contributed by atoms with van der Waals surface area (Å²) in [6, 6.07) is 3.54. The number of benzene rings is 1. The van der Waals surface area contributed by atoms with Gasteiger partial charge in [-0.05, 0) is 56.7 Å². The van der Waals surface area contributed by atoms with Gasteiger partial charge in [0.05, 0.1) is 15.7 Å². The highest BCUT2D eigenvalue weighted by Gasteiger charge is 2.47. The second-order valence-electron chi connectivity index (χ2n) is 7.69. The Hall–Kier alpha value is -0.690.